The molecule has 31 heavy (non-hydrogen) atoms. The Morgan fingerprint density at radius 2 is 1.55 bits per heavy atom. The number of aryl methyl sites for hydroxylation is 1. The number of nitrogens with one attached hydrogen (secondary N) is 1. The minimum atomic E-state index is 0.716. The van der Waals surface area contributed by atoms with Crippen molar-refractivity contribution in [1.29, 1.82) is 0 Å². The molecule has 0 saturated carbocycles. The van der Waals surface area contributed by atoms with Gasteiger partial charge in [0.2, 0.25) is 0 Å². The number of ether oxygens (including phenoxy) is 1. The van der Waals surface area contributed by atoms with Gasteiger partial charge in [-0.05, 0) is 61.0 Å². The Kier molecular flexibility index (Phi) is 5.28. The van der Waals surface area contributed by atoms with Gasteiger partial charge < -0.3 is 10.1 Å². The van der Waals surface area contributed by atoms with Crippen LogP contribution in [-0.2, 0) is 0 Å². The molecule has 0 spiro atoms. The third kappa shape index (κ3) is 4.10. The highest BCUT2D eigenvalue weighted by Crippen LogP contribution is 2.41. The van der Waals surface area contributed by atoms with Crippen LogP contribution in [0.5, 0.6) is 11.5 Å². The van der Waals surface area contributed by atoms with Crippen LogP contribution in [0.1, 0.15) is 4.88 Å². The maximum absolute atomic E-state index is 6.09. The van der Waals surface area contributed by atoms with Crippen molar-refractivity contribution in [3.05, 3.63) is 95.1 Å². The first-order valence-corrected chi connectivity index (χ1v) is 11.0. The predicted molar refractivity (Wildman–Crippen MR) is 129 cm³/mol. The summed E-state index contributed by atoms with van der Waals surface area (Å²) in [5.41, 5.74) is 3.15. The van der Waals surface area contributed by atoms with Gasteiger partial charge in [0.15, 0.2) is 0 Å². The summed E-state index contributed by atoms with van der Waals surface area (Å²) in [6, 6.07) is 25.4. The van der Waals surface area contributed by atoms with Crippen molar-refractivity contribution in [3.8, 4) is 22.6 Å². The van der Waals surface area contributed by atoms with Gasteiger partial charge in [0.1, 0.15) is 28.5 Å². The number of para-hydroxylation sites is 1. The van der Waals surface area contributed by atoms with E-state index < -0.39 is 0 Å². The van der Waals surface area contributed by atoms with Crippen molar-refractivity contribution in [2.24, 2.45) is 0 Å². The number of anilines is 2. The molecule has 0 fully saturated rings. The molecule has 2 aromatic heterocycles. The van der Waals surface area contributed by atoms with Crippen molar-refractivity contribution < 1.29 is 4.74 Å². The van der Waals surface area contributed by atoms with Gasteiger partial charge in [-0.15, -0.1) is 11.3 Å². The highest BCUT2D eigenvalue weighted by molar-refractivity contribution is 7.19. The number of fused-ring (bicyclic) bond motifs is 1. The third-order valence-corrected chi connectivity index (χ3v) is 6.16. The Morgan fingerprint density at radius 1 is 0.839 bits per heavy atom. The normalized spacial score (nSPS) is 10.9. The molecule has 3 aromatic carbocycles. The first-order valence-electron chi connectivity index (χ1n) is 9.77. The van der Waals surface area contributed by atoms with Crippen molar-refractivity contribution in [2.45, 2.75) is 6.92 Å². The summed E-state index contributed by atoms with van der Waals surface area (Å²) < 4.78 is 5.88. The van der Waals surface area contributed by atoms with Crippen molar-refractivity contribution in [3.63, 3.8) is 0 Å². The second kappa shape index (κ2) is 8.38. The summed E-state index contributed by atoms with van der Waals surface area (Å²) >= 11 is 7.75. The van der Waals surface area contributed by atoms with E-state index in [1.807, 2.05) is 78.9 Å². The first kappa shape index (κ1) is 19.5. The molecule has 6 heteroatoms. The number of benzene rings is 3. The number of nitrogens with zero attached hydrogens (tertiary/aromatic N) is 2. The van der Waals surface area contributed by atoms with Gasteiger partial charge in [-0.1, -0.05) is 41.9 Å². The number of halogens is 1. The largest absolute Gasteiger partial charge is 0.457 e. The van der Waals surface area contributed by atoms with Crippen LogP contribution < -0.4 is 10.1 Å². The van der Waals surface area contributed by atoms with Gasteiger partial charge in [0.25, 0.3) is 0 Å². The molecule has 0 aliphatic rings. The zero-order chi connectivity index (χ0) is 21.2. The van der Waals surface area contributed by atoms with Gasteiger partial charge in [-0.2, -0.15) is 0 Å². The Bertz CT molecular complexity index is 1330. The topological polar surface area (TPSA) is 47.0 Å². The molecule has 0 atom stereocenters. The molecule has 0 saturated heterocycles. The Labute approximate surface area is 189 Å². The molecule has 0 aliphatic heterocycles. The highest BCUT2D eigenvalue weighted by atomic mass is 35.5. The minimum absolute atomic E-state index is 0.716. The molecular weight excluding hydrogens is 426 g/mol. The summed E-state index contributed by atoms with van der Waals surface area (Å²) in [5.74, 6) is 2.36. The number of hydrogen-bond acceptors (Lipinski definition) is 5. The predicted octanol–water partition coefficient (Wildman–Crippen LogP) is 7.86. The fourth-order valence-corrected chi connectivity index (χ4v) is 4.61. The van der Waals surface area contributed by atoms with Crippen LogP contribution in [0.4, 0.5) is 11.5 Å². The smallest absolute Gasteiger partial charge is 0.143 e. The molecule has 5 aromatic rings. The van der Waals surface area contributed by atoms with E-state index in [2.05, 4.69) is 22.2 Å². The number of thiophene rings is 1. The maximum atomic E-state index is 6.09. The Hall–Kier alpha value is -3.41. The van der Waals surface area contributed by atoms with Gasteiger partial charge in [-0.3, -0.25) is 0 Å². The van der Waals surface area contributed by atoms with E-state index in [1.165, 1.54) is 4.88 Å². The Balaban J connectivity index is 1.47. The van der Waals surface area contributed by atoms with Crippen LogP contribution in [0.2, 0.25) is 5.02 Å². The minimum Gasteiger partial charge on any atom is -0.457 e. The van der Waals surface area contributed by atoms with Crippen LogP contribution in [-0.4, -0.2) is 9.97 Å². The van der Waals surface area contributed by atoms with E-state index in [0.717, 1.165) is 44.3 Å². The molecular formula is C25H18ClN3OS. The average Bonchev–Trinajstić information content (AvgIpc) is 3.13. The van der Waals surface area contributed by atoms with Gasteiger partial charge in [-0.25, -0.2) is 9.97 Å². The average molecular weight is 444 g/mol. The number of rotatable bonds is 5. The van der Waals surface area contributed by atoms with Gasteiger partial charge >= 0.3 is 0 Å². The van der Waals surface area contributed by atoms with E-state index in [-0.39, 0.29) is 0 Å². The molecule has 0 unspecified atom stereocenters. The fraction of sp³-hybridized carbons (Fsp3) is 0.0400. The van der Waals surface area contributed by atoms with Crippen molar-refractivity contribution in [1.82, 2.24) is 9.97 Å². The van der Waals surface area contributed by atoms with E-state index in [1.54, 1.807) is 17.7 Å². The molecule has 1 N–H and O–H groups in total. The molecule has 0 bridgehead atoms. The van der Waals surface area contributed by atoms with E-state index in [4.69, 9.17) is 16.3 Å². The van der Waals surface area contributed by atoms with Crippen LogP contribution in [0.3, 0.4) is 0 Å². The van der Waals surface area contributed by atoms with Gasteiger partial charge in [0.05, 0.1) is 5.39 Å². The molecule has 152 valence electrons. The highest BCUT2D eigenvalue weighted by Gasteiger charge is 2.17. The van der Waals surface area contributed by atoms with Crippen LogP contribution in [0.15, 0.2) is 85.2 Å². The quantitative estimate of drug-likeness (QED) is 0.300. The zero-order valence-corrected chi connectivity index (χ0v) is 18.2. The van der Waals surface area contributed by atoms with Gasteiger partial charge in [0, 0.05) is 21.2 Å². The summed E-state index contributed by atoms with van der Waals surface area (Å²) in [7, 11) is 0. The van der Waals surface area contributed by atoms with E-state index in [0.29, 0.717) is 5.02 Å². The van der Waals surface area contributed by atoms with Crippen LogP contribution in [0, 0.1) is 6.92 Å². The van der Waals surface area contributed by atoms with Crippen LogP contribution in [0.25, 0.3) is 21.3 Å². The lowest BCUT2D eigenvalue weighted by molar-refractivity contribution is 0.483. The molecule has 2 heterocycles. The summed E-state index contributed by atoms with van der Waals surface area (Å²) in [5, 5.41) is 5.17. The summed E-state index contributed by atoms with van der Waals surface area (Å²) in [4.78, 5) is 11.2. The molecule has 5 rings (SSSR count). The van der Waals surface area contributed by atoms with E-state index >= 15 is 0 Å². The van der Waals surface area contributed by atoms with E-state index in [9.17, 15) is 0 Å². The second-order valence-corrected chi connectivity index (χ2v) is 8.65. The summed E-state index contributed by atoms with van der Waals surface area (Å²) in [6.07, 6.45) is 1.60. The number of hydrogen-bond donors (Lipinski definition) is 1. The SMILES string of the molecule is Cc1sc2ncnc(Nc3ccc(Oc4ccccc4)cc3)c2c1-c1ccc(Cl)cc1. The zero-order valence-electron chi connectivity index (χ0n) is 16.7. The Morgan fingerprint density at radius 3 is 2.29 bits per heavy atom. The molecule has 0 radical (unpaired) electrons. The third-order valence-electron chi connectivity index (χ3n) is 4.89. The lowest BCUT2D eigenvalue weighted by atomic mass is 10.0. The molecule has 0 amide bonds. The fourth-order valence-electron chi connectivity index (χ4n) is 3.47. The van der Waals surface area contributed by atoms with Crippen LogP contribution >= 0.6 is 22.9 Å². The monoisotopic (exact) mass is 443 g/mol. The number of aromatic nitrogens is 2. The molecule has 0 aliphatic carbocycles. The lowest BCUT2D eigenvalue weighted by Crippen LogP contribution is -1.96. The maximum Gasteiger partial charge on any atom is 0.143 e. The summed E-state index contributed by atoms with van der Waals surface area (Å²) in [6.45, 7) is 2.11. The standard InChI is InChI=1S/C25H18ClN3OS/c1-16-22(17-7-9-18(26)10-8-17)23-24(27-15-28-25(23)31-16)29-19-11-13-21(14-12-19)30-20-5-3-2-4-6-20/h2-15H,1H3,(H,27,28,29). The van der Waals surface area contributed by atoms with Crippen molar-refractivity contribution >= 4 is 44.7 Å². The lowest BCUT2D eigenvalue weighted by Gasteiger charge is -2.10. The molecule has 4 nitrogen and oxygen atoms in total. The second-order valence-electron chi connectivity index (χ2n) is 7.01. The first-order chi connectivity index (χ1) is 15.2. The van der Waals surface area contributed by atoms with Crippen molar-refractivity contribution in [2.75, 3.05) is 5.32 Å².